The van der Waals surface area contributed by atoms with Crippen molar-refractivity contribution in [1.29, 1.82) is 0 Å². The van der Waals surface area contributed by atoms with Crippen LogP contribution in [-0.2, 0) is 6.18 Å². The van der Waals surface area contributed by atoms with Gasteiger partial charge >= 0.3 is 6.18 Å². The van der Waals surface area contributed by atoms with Gasteiger partial charge in [-0.3, -0.25) is 4.79 Å². The molecule has 6 heteroatoms. The first-order valence-electron chi connectivity index (χ1n) is 6.13. The number of amides is 1. The largest absolute Gasteiger partial charge is 0.418 e. The second kappa shape index (κ2) is 5.47. The molecule has 0 heterocycles. The molecule has 0 radical (unpaired) electrons. The van der Waals surface area contributed by atoms with Crippen LogP contribution in [0, 0.1) is 6.92 Å². The molecule has 0 bridgehead atoms. The first-order chi connectivity index (χ1) is 9.80. The zero-order valence-corrected chi connectivity index (χ0v) is 11.2. The number of nitrogen functional groups attached to an aromatic ring is 1. The number of aryl methyl sites for hydroxylation is 1. The number of hydrogen-bond acceptors (Lipinski definition) is 2. The Bertz CT molecular complexity index is 681. The van der Waals surface area contributed by atoms with E-state index >= 15 is 0 Å². The number of rotatable bonds is 2. The molecule has 1 amide bonds. The van der Waals surface area contributed by atoms with E-state index in [9.17, 15) is 18.0 Å². The summed E-state index contributed by atoms with van der Waals surface area (Å²) in [7, 11) is 0. The number of nitrogens with two attached hydrogens (primary N) is 1. The van der Waals surface area contributed by atoms with E-state index in [0.29, 0.717) is 5.69 Å². The van der Waals surface area contributed by atoms with Gasteiger partial charge in [0.05, 0.1) is 16.8 Å². The predicted molar refractivity (Wildman–Crippen MR) is 75.0 cm³/mol. The lowest BCUT2D eigenvalue weighted by molar-refractivity contribution is -0.136. The van der Waals surface area contributed by atoms with Gasteiger partial charge in [0.1, 0.15) is 0 Å². The van der Waals surface area contributed by atoms with Crippen molar-refractivity contribution in [3.8, 4) is 0 Å². The number of benzene rings is 2. The molecule has 21 heavy (non-hydrogen) atoms. The monoisotopic (exact) mass is 294 g/mol. The Morgan fingerprint density at radius 2 is 1.76 bits per heavy atom. The van der Waals surface area contributed by atoms with Gasteiger partial charge in [-0.1, -0.05) is 24.3 Å². The molecule has 0 aromatic heterocycles. The Morgan fingerprint density at radius 3 is 2.38 bits per heavy atom. The van der Waals surface area contributed by atoms with Crippen LogP contribution in [0.1, 0.15) is 21.5 Å². The van der Waals surface area contributed by atoms with Crippen LogP contribution in [-0.4, -0.2) is 5.91 Å². The highest BCUT2D eigenvalue weighted by atomic mass is 19.4. The molecular formula is C15H13F3N2O. The summed E-state index contributed by atoms with van der Waals surface area (Å²) in [5, 5.41) is 2.56. The smallest absolute Gasteiger partial charge is 0.398 e. The minimum atomic E-state index is -4.59. The third-order valence-corrected chi connectivity index (χ3v) is 3.05. The summed E-state index contributed by atoms with van der Waals surface area (Å²) in [5.41, 5.74) is 5.02. The summed E-state index contributed by atoms with van der Waals surface area (Å²) in [6.45, 7) is 1.78. The second-order valence-corrected chi connectivity index (χ2v) is 4.53. The van der Waals surface area contributed by atoms with Crippen LogP contribution in [0.3, 0.4) is 0 Å². The molecule has 0 saturated carbocycles. The van der Waals surface area contributed by atoms with Crippen LogP contribution in [0.15, 0.2) is 42.5 Å². The molecule has 0 atom stereocenters. The van der Waals surface area contributed by atoms with Crippen molar-refractivity contribution in [3.05, 3.63) is 59.2 Å². The van der Waals surface area contributed by atoms with Gasteiger partial charge in [0.2, 0.25) is 0 Å². The minimum absolute atomic E-state index is 0.201. The van der Waals surface area contributed by atoms with Crippen molar-refractivity contribution in [3.63, 3.8) is 0 Å². The fraction of sp³-hybridized carbons (Fsp3) is 0.133. The lowest BCUT2D eigenvalue weighted by Crippen LogP contribution is -2.18. The Morgan fingerprint density at radius 1 is 1.10 bits per heavy atom. The van der Waals surface area contributed by atoms with Gasteiger partial charge in [0.25, 0.3) is 5.91 Å². The summed E-state index contributed by atoms with van der Waals surface area (Å²) in [4.78, 5) is 12.1. The van der Waals surface area contributed by atoms with Gasteiger partial charge < -0.3 is 11.1 Å². The van der Waals surface area contributed by atoms with Crippen LogP contribution >= 0.6 is 0 Å². The van der Waals surface area contributed by atoms with Crippen molar-refractivity contribution in [2.75, 3.05) is 11.1 Å². The van der Waals surface area contributed by atoms with Crippen LogP contribution in [0.4, 0.5) is 24.5 Å². The van der Waals surface area contributed by atoms with Gasteiger partial charge in [-0.05, 0) is 30.7 Å². The normalized spacial score (nSPS) is 11.2. The van der Waals surface area contributed by atoms with E-state index in [1.165, 1.54) is 6.07 Å². The van der Waals surface area contributed by atoms with Crippen molar-refractivity contribution in [1.82, 2.24) is 0 Å². The van der Waals surface area contributed by atoms with E-state index in [2.05, 4.69) is 5.32 Å². The van der Waals surface area contributed by atoms with Gasteiger partial charge in [0.15, 0.2) is 0 Å². The number of anilines is 2. The highest BCUT2D eigenvalue weighted by Crippen LogP contribution is 2.35. The number of halogens is 3. The number of nitrogens with one attached hydrogen (secondary N) is 1. The summed E-state index contributed by atoms with van der Waals surface area (Å²) < 4.78 is 38.3. The molecule has 2 aromatic carbocycles. The van der Waals surface area contributed by atoms with Gasteiger partial charge in [-0.25, -0.2) is 0 Å². The molecule has 3 nitrogen and oxygen atoms in total. The Balaban J connectivity index is 2.35. The Kier molecular flexibility index (Phi) is 3.88. The number of alkyl halides is 3. The average molecular weight is 294 g/mol. The number of carbonyl (C=O) groups excluding carboxylic acids is 1. The quantitative estimate of drug-likeness (QED) is 0.827. The summed E-state index contributed by atoms with van der Waals surface area (Å²) in [6, 6.07) is 10.2. The topological polar surface area (TPSA) is 55.1 Å². The summed E-state index contributed by atoms with van der Waals surface area (Å²) in [6.07, 6.45) is -4.59. The molecule has 0 fully saturated rings. The fourth-order valence-electron chi connectivity index (χ4n) is 1.91. The van der Waals surface area contributed by atoms with Crippen molar-refractivity contribution < 1.29 is 18.0 Å². The van der Waals surface area contributed by atoms with Gasteiger partial charge in [-0.2, -0.15) is 13.2 Å². The van der Waals surface area contributed by atoms with Crippen molar-refractivity contribution >= 4 is 17.3 Å². The van der Waals surface area contributed by atoms with Crippen molar-refractivity contribution in [2.45, 2.75) is 13.1 Å². The molecule has 0 spiro atoms. The SMILES string of the molecule is Cc1ccccc1NC(=O)c1cccc(C(F)(F)F)c1N. The fourth-order valence-corrected chi connectivity index (χ4v) is 1.91. The molecule has 2 aromatic rings. The van der Waals surface area contributed by atoms with E-state index in [1.807, 2.05) is 0 Å². The standard InChI is InChI=1S/C15H13F3N2O/c1-9-5-2-3-8-12(9)20-14(21)10-6-4-7-11(13(10)19)15(16,17)18/h2-8H,19H2,1H3,(H,20,21). The molecule has 110 valence electrons. The van der Waals surface area contributed by atoms with Crippen LogP contribution in [0.25, 0.3) is 0 Å². The molecular weight excluding hydrogens is 281 g/mol. The molecule has 0 aliphatic carbocycles. The summed E-state index contributed by atoms with van der Waals surface area (Å²) in [5.74, 6) is -0.673. The average Bonchev–Trinajstić information content (AvgIpc) is 2.40. The Labute approximate surface area is 119 Å². The number of carbonyl (C=O) groups is 1. The van der Waals surface area contributed by atoms with E-state index < -0.39 is 23.3 Å². The highest BCUT2D eigenvalue weighted by Gasteiger charge is 2.34. The van der Waals surface area contributed by atoms with Gasteiger partial charge in [0, 0.05) is 5.69 Å². The number of hydrogen-bond donors (Lipinski definition) is 2. The van der Waals surface area contributed by atoms with E-state index in [1.54, 1.807) is 31.2 Å². The molecule has 0 unspecified atom stereocenters. The zero-order valence-electron chi connectivity index (χ0n) is 11.2. The third-order valence-electron chi connectivity index (χ3n) is 3.05. The molecule has 3 N–H and O–H groups in total. The molecule has 2 rings (SSSR count). The first-order valence-corrected chi connectivity index (χ1v) is 6.13. The maximum Gasteiger partial charge on any atom is 0.418 e. The highest BCUT2D eigenvalue weighted by molar-refractivity contribution is 6.08. The van der Waals surface area contributed by atoms with Crippen LogP contribution in [0.2, 0.25) is 0 Å². The lowest BCUT2D eigenvalue weighted by Gasteiger charge is -2.14. The van der Waals surface area contributed by atoms with Crippen LogP contribution in [0.5, 0.6) is 0 Å². The minimum Gasteiger partial charge on any atom is -0.398 e. The van der Waals surface area contributed by atoms with E-state index in [-0.39, 0.29) is 5.56 Å². The first kappa shape index (κ1) is 14.9. The summed E-state index contributed by atoms with van der Waals surface area (Å²) >= 11 is 0. The predicted octanol–water partition coefficient (Wildman–Crippen LogP) is 3.85. The molecule has 0 aliphatic rings. The Hall–Kier alpha value is -2.50. The molecule has 0 aliphatic heterocycles. The number of para-hydroxylation sites is 2. The second-order valence-electron chi connectivity index (χ2n) is 4.53. The van der Waals surface area contributed by atoms with E-state index in [0.717, 1.165) is 17.7 Å². The lowest BCUT2D eigenvalue weighted by atomic mass is 10.1. The zero-order chi connectivity index (χ0) is 15.6. The third kappa shape index (κ3) is 3.16. The van der Waals surface area contributed by atoms with Gasteiger partial charge in [-0.15, -0.1) is 0 Å². The van der Waals surface area contributed by atoms with E-state index in [4.69, 9.17) is 5.73 Å². The molecule has 0 saturated heterocycles. The maximum atomic E-state index is 12.8. The van der Waals surface area contributed by atoms with Crippen molar-refractivity contribution in [2.24, 2.45) is 0 Å². The maximum absolute atomic E-state index is 12.8. The van der Waals surface area contributed by atoms with Crippen LogP contribution < -0.4 is 11.1 Å².